The average Bonchev–Trinajstić information content (AvgIpc) is 3.48. The summed E-state index contributed by atoms with van der Waals surface area (Å²) in [7, 11) is 0. The molecule has 1 aliphatic carbocycles. The maximum Gasteiger partial charge on any atom is 0.337 e. The van der Waals surface area contributed by atoms with Crippen LogP contribution in [0.5, 0.6) is 5.88 Å². The second-order valence-electron chi connectivity index (χ2n) is 12.9. The van der Waals surface area contributed by atoms with Crippen LogP contribution in [0.15, 0.2) is 66.4 Å². The number of piperazine rings is 1. The number of hydrogen-bond acceptors (Lipinski definition) is 6. The van der Waals surface area contributed by atoms with Crippen LogP contribution in [0.1, 0.15) is 49.0 Å². The van der Waals surface area contributed by atoms with Crippen LogP contribution in [0, 0.1) is 5.41 Å². The third-order valence-corrected chi connectivity index (χ3v) is 9.61. The molecule has 0 spiro atoms. The number of benzene rings is 2. The van der Waals surface area contributed by atoms with Crippen LogP contribution >= 0.6 is 11.6 Å². The number of fused-ring (bicyclic) bond motifs is 2. The Balaban J connectivity index is 1.11. The van der Waals surface area contributed by atoms with E-state index in [2.05, 4.69) is 45.7 Å². The van der Waals surface area contributed by atoms with Gasteiger partial charge in [-0.3, -0.25) is 4.90 Å². The van der Waals surface area contributed by atoms with Crippen molar-refractivity contribution < 1.29 is 14.6 Å². The Morgan fingerprint density at radius 3 is 2.59 bits per heavy atom. The van der Waals surface area contributed by atoms with Gasteiger partial charge in [0.2, 0.25) is 5.88 Å². The average molecular weight is 612 g/mol. The first-order valence-corrected chi connectivity index (χ1v) is 15.8. The number of H-pyrrole nitrogens is 1. The number of aromatic nitrogens is 2. The summed E-state index contributed by atoms with van der Waals surface area (Å²) in [6.45, 7) is 10.4. The predicted octanol–water partition coefficient (Wildman–Crippen LogP) is 7.23. The fourth-order valence-corrected chi connectivity index (χ4v) is 7.00. The van der Waals surface area contributed by atoms with E-state index in [0.29, 0.717) is 30.1 Å². The van der Waals surface area contributed by atoms with Crippen LogP contribution < -0.4 is 14.5 Å². The van der Waals surface area contributed by atoms with E-state index in [1.54, 1.807) is 11.6 Å². The highest BCUT2D eigenvalue weighted by atomic mass is 35.5. The second kappa shape index (κ2) is 11.5. The Kier molecular flexibility index (Phi) is 7.50. The quantitative estimate of drug-likeness (QED) is 0.238. The second-order valence-corrected chi connectivity index (χ2v) is 13.4. The molecule has 2 aromatic carbocycles. The van der Waals surface area contributed by atoms with Crippen molar-refractivity contribution >= 4 is 51.2 Å². The van der Waals surface area contributed by atoms with Gasteiger partial charge in [0.1, 0.15) is 17.9 Å². The van der Waals surface area contributed by atoms with Gasteiger partial charge in [-0.1, -0.05) is 43.2 Å². The zero-order valence-corrected chi connectivity index (χ0v) is 26.0. The van der Waals surface area contributed by atoms with Crippen molar-refractivity contribution in [2.45, 2.75) is 33.1 Å². The van der Waals surface area contributed by atoms with Crippen LogP contribution in [-0.2, 0) is 0 Å². The van der Waals surface area contributed by atoms with E-state index < -0.39 is 5.97 Å². The molecule has 1 fully saturated rings. The number of allylic oxidation sites excluding steroid dienone is 1. The molecule has 0 radical (unpaired) electrons. The molecule has 0 amide bonds. The van der Waals surface area contributed by atoms with Gasteiger partial charge in [0.25, 0.3) is 0 Å². The van der Waals surface area contributed by atoms with Gasteiger partial charge in [0, 0.05) is 55.0 Å². The van der Waals surface area contributed by atoms with Crippen molar-refractivity contribution in [3.63, 3.8) is 0 Å². The first-order valence-electron chi connectivity index (χ1n) is 15.4. The summed E-state index contributed by atoms with van der Waals surface area (Å²) in [6, 6.07) is 18.0. The number of hydrogen-bond donors (Lipinski definition) is 2. The lowest BCUT2D eigenvalue weighted by atomic mass is 9.72. The minimum Gasteiger partial charge on any atom is -0.478 e. The van der Waals surface area contributed by atoms with Crippen LogP contribution in [0.2, 0.25) is 5.02 Å². The highest BCUT2D eigenvalue weighted by Crippen LogP contribution is 2.44. The maximum absolute atomic E-state index is 12.3. The number of nitrogens with one attached hydrogen (secondary N) is 1. The monoisotopic (exact) mass is 611 g/mol. The molecule has 2 N–H and O–H groups in total. The Morgan fingerprint density at radius 1 is 1.02 bits per heavy atom. The lowest BCUT2D eigenvalue weighted by Crippen LogP contribution is -2.47. The third-order valence-electron chi connectivity index (χ3n) is 9.36. The van der Waals surface area contributed by atoms with E-state index in [0.717, 1.165) is 73.0 Å². The first-order chi connectivity index (χ1) is 21.2. The number of carbonyl (C=O) groups is 1. The molecule has 4 aromatic rings. The molecular weight excluding hydrogens is 574 g/mol. The van der Waals surface area contributed by atoms with E-state index in [1.165, 1.54) is 17.6 Å². The minimum atomic E-state index is -0.944. The van der Waals surface area contributed by atoms with Gasteiger partial charge in [-0.05, 0) is 78.3 Å². The third kappa shape index (κ3) is 5.64. The van der Waals surface area contributed by atoms with E-state index in [-0.39, 0.29) is 5.56 Å². The summed E-state index contributed by atoms with van der Waals surface area (Å²) in [5.74, 6) is -0.430. The highest BCUT2D eigenvalue weighted by molar-refractivity contribution is 6.30. The van der Waals surface area contributed by atoms with Gasteiger partial charge < -0.3 is 24.6 Å². The number of aromatic amines is 1. The molecule has 44 heavy (non-hydrogen) atoms. The van der Waals surface area contributed by atoms with Gasteiger partial charge in [-0.15, -0.1) is 0 Å². The van der Waals surface area contributed by atoms with Gasteiger partial charge in [0.05, 0.1) is 17.8 Å². The number of aromatic carboxylic acids is 1. The molecule has 1 saturated heterocycles. The van der Waals surface area contributed by atoms with Crippen molar-refractivity contribution in [1.82, 2.24) is 14.9 Å². The summed E-state index contributed by atoms with van der Waals surface area (Å²) in [4.78, 5) is 27.1. The lowest BCUT2D eigenvalue weighted by molar-refractivity contribution is 0.0697. The number of carboxylic acids is 1. The molecule has 0 bridgehead atoms. The number of rotatable bonds is 6. The molecule has 0 atom stereocenters. The molecule has 2 aromatic heterocycles. The minimum absolute atomic E-state index is 0.274. The lowest BCUT2D eigenvalue weighted by Gasteiger charge is -2.39. The zero-order valence-electron chi connectivity index (χ0n) is 25.3. The van der Waals surface area contributed by atoms with Crippen molar-refractivity contribution in [3.05, 3.63) is 82.5 Å². The molecular formula is C35H38ClN5O3. The molecule has 4 heterocycles. The molecule has 7 rings (SSSR count). The molecule has 2 aliphatic heterocycles. The number of ether oxygens (including phenoxy) is 1. The molecule has 8 nitrogen and oxygen atoms in total. The number of nitrogens with zero attached hydrogens (tertiary/aromatic N) is 4. The first kappa shape index (κ1) is 28.7. The van der Waals surface area contributed by atoms with Crippen molar-refractivity contribution in [2.75, 3.05) is 55.7 Å². The molecule has 0 unspecified atom stereocenters. The van der Waals surface area contributed by atoms with Crippen LogP contribution in [0.4, 0.5) is 17.1 Å². The number of halogens is 1. The Morgan fingerprint density at radius 2 is 1.82 bits per heavy atom. The summed E-state index contributed by atoms with van der Waals surface area (Å²) in [6.07, 6.45) is 5.25. The largest absolute Gasteiger partial charge is 0.478 e. The van der Waals surface area contributed by atoms with Crippen molar-refractivity contribution in [2.24, 2.45) is 5.41 Å². The van der Waals surface area contributed by atoms with Crippen molar-refractivity contribution in [1.29, 1.82) is 0 Å². The summed E-state index contributed by atoms with van der Waals surface area (Å²) in [5.41, 5.74) is 8.12. The molecule has 0 saturated carbocycles. The number of carboxylic acid groups (broad SMARTS) is 1. The van der Waals surface area contributed by atoms with Crippen molar-refractivity contribution in [3.8, 4) is 5.88 Å². The smallest absolute Gasteiger partial charge is 0.337 e. The SMILES string of the molecule is CC1(C)CCC(CN2CCN(c3ccc(C(=O)O)c(N4CCOc5nc6[nH]ccc6cc54)c3)CC2)=C(c2ccc(Cl)cc2)C1. The number of anilines is 3. The van der Waals surface area contributed by atoms with Crippen LogP contribution in [0.3, 0.4) is 0 Å². The highest BCUT2D eigenvalue weighted by Gasteiger charge is 2.30. The van der Waals surface area contributed by atoms with E-state index >= 15 is 0 Å². The van der Waals surface area contributed by atoms with E-state index in [1.807, 2.05) is 47.5 Å². The Bertz CT molecular complexity index is 1740. The van der Waals surface area contributed by atoms with Gasteiger partial charge in [0.15, 0.2) is 0 Å². The normalized spacial score (nSPS) is 18.8. The van der Waals surface area contributed by atoms with Crippen LogP contribution in [0.25, 0.3) is 16.6 Å². The molecule has 9 heteroatoms. The van der Waals surface area contributed by atoms with Gasteiger partial charge >= 0.3 is 5.97 Å². The van der Waals surface area contributed by atoms with E-state index in [9.17, 15) is 9.90 Å². The Hall–Kier alpha value is -4.01. The van der Waals surface area contributed by atoms with Gasteiger partial charge in [-0.2, -0.15) is 4.98 Å². The zero-order chi connectivity index (χ0) is 30.4. The Labute approximate surface area is 262 Å². The molecule has 228 valence electrons. The van der Waals surface area contributed by atoms with Gasteiger partial charge in [-0.25, -0.2) is 4.79 Å². The number of pyridine rings is 1. The summed E-state index contributed by atoms with van der Waals surface area (Å²) < 4.78 is 5.88. The maximum atomic E-state index is 12.3. The topological polar surface area (TPSA) is 84.9 Å². The predicted molar refractivity (Wildman–Crippen MR) is 177 cm³/mol. The van der Waals surface area contributed by atoms with Crippen LogP contribution in [-0.4, -0.2) is 71.8 Å². The fourth-order valence-electron chi connectivity index (χ4n) is 6.88. The van der Waals surface area contributed by atoms with E-state index in [4.69, 9.17) is 16.3 Å². The summed E-state index contributed by atoms with van der Waals surface area (Å²) in [5, 5.41) is 11.8. The molecule has 3 aliphatic rings. The fraction of sp³-hybridized carbons (Fsp3) is 0.371. The summed E-state index contributed by atoms with van der Waals surface area (Å²) >= 11 is 6.21. The standard InChI is InChI=1S/C35H38ClN5O3/c1-35(2)11-9-25(29(21-35)23-3-5-26(36)6-4-23)22-39-13-15-40(16-14-39)27-7-8-28(34(42)43)30(20-27)41-17-18-44-33-31(41)19-24-10-12-37-32(24)38-33/h3-8,10,12,19-20H,9,11,13-18,21-22H2,1-2H3,(H,37,38)(H,42,43).